The van der Waals surface area contributed by atoms with Crippen molar-refractivity contribution in [2.24, 2.45) is 0 Å². The van der Waals surface area contributed by atoms with Crippen LogP contribution >= 0.6 is 0 Å². The number of hydrogen-bond donors (Lipinski definition) is 0. The molecule has 1 rings (SSSR count). The molecular formula is C39H78N2. The highest BCUT2D eigenvalue weighted by Crippen LogP contribution is 2.24. The Morgan fingerprint density at radius 1 is 0.317 bits per heavy atom. The van der Waals surface area contributed by atoms with Gasteiger partial charge in [-0.25, -0.2) is 0 Å². The number of hydrogen-bond acceptors (Lipinski definition) is 2. The van der Waals surface area contributed by atoms with E-state index in [1.807, 2.05) is 0 Å². The molecule has 0 N–H and O–H groups in total. The SMILES string of the molecule is CCCCCCCCCCCCCCCN1C=CN(CCCCCCCCCCCC)C1CCCCCCCCC. The number of rotatable bonds is 33. The Kier molecular flexibility index (Phi) is 28.8. The van der Waals surface area contributed by atoms with E-state index in [9.17, 15) is 0 Å². The highest BCUT2D eigenvalue weighted by Gasteiger charge is 2.24. The third kappa shape index (κ3) is 23.5. The highest BCUT2D eigenvalue weighted by atomic mass is 15.4. The van der Waals surface area contributed by atoms with E-state index in [-0.39, 0.29) is 0 Å². The van der Waals surface area contributed by atoms with Crippen LogP contribution in [0, 0.1) is 0 Å². The Balaban J connectivity index is 2.19. The van der Waals surface area contributed by atoms with Crippen LogP contribution in [0.4, 0.5) is 0 Å². The maximum Gasteiger partial charge on any atom is 0.101 e. The summed E-state index contributed by atoms with van der Waals surface area (Å²) in [7, 11) is 0. The van der Waals surface area contributed by atoms with Crippen molar-refractivity contribution in [3.63, 3.8) is 0 Å². The van der Waals surface area contributed by atoms with Crippen molar-refractivity contribution >= 4 is 0 Å². The summed E-state index contributed by atoms with van der Waals surface area (Å²) in [6.07, 6.45) is 49.9. The van der Waals surface area contributed by atoms with E-state index in [0.29, 0.717) is 6.17 Å². The van der Waals surface area contributed by atoms with Gasteiger partial charge < -0.3 is 9.80 Å². The van der Waals surface area contributed by atoms with Crippen molar-refractivity contribution in [3.05, 3.63) is 12.4 Å². The summed E-state index contributed by atoms with van der Waals surface area (Å²) in [6.45, 7) is 9.48. The van der Waals surface area contributed by atoms with E-state index in [0.717, 1.165) is 0 Å². The first kappa shape index (κ1) is 38.4. The van der Waals surface area contributed by atoms with Crippen molar-refractivity contribution in [1.82, 2.24) is 9.80 Å². The molecule has 2 heteroatoms. The zero-order chi connectivity index (χ0) is 29.5. The largest absolute Gasteiger partial charge is 0.356 e. The molecule has 0 spiro atoms. The Labute approximate surface area is 260 Å². The summed E-state index contributed by atoms with van der Waals surface area (Å²) in [5.41, 5.74) is 0. The molecule has 0 aromatic carbocycles. The summed E-state index contributed by atoms with van der Waals surface area (Å²) in [5, 5.41) is 0. The van der Waals surface area contributed by atoms with Gasteiger partial charge in [-0.15, -0.1) is 0 Å². The van der Waals surface area contributed by atoms with Gasteiger partial charge in [0.05, 0.1) is 0 Å². The predicted octanol–water partition coefficient (Wildman–Crippen LogP) is 13.6. The lowest BCUT2D eigenvalue weighted by molar-refractivity contribution is 0.135. The van der Waals surface area contributed by atoms with E-state index >= 15 is 0 Å². The fourth-order valence-corrected chi connectivity index (χ4v) is 6.72. The van der Waals surface area contributed by atoms with Crippen molar-refractivity contribution in [2.45, 2.75) is 226 Å². The minimum atomic E-state index is 0.640. The van der Waals surface area contributed by atoms with Gasteiger partial charge in [-0.2, -0.15) is 0 Å². The number of unbranched alkanes of at least 4 members (excludes halogenated alkanes) is 27. The molecule has 1 unspecified atom stereocenters. The zero-order valence-corrected chi connectivity index (χ0v) is 29.0. The van der Waals surface area contributed by atoms with Gasteiger partial charge in [0, 0.05) is 25.5 Å². The molecule has 1 aliphatic heterocycles. The lowest BCUT2D eigenvalue weighted by atomic mass is 10.0. The molecule has 0 aromatic rings. The Bertz CT molecular complexity index is 530. The first-order valence-electron chi connectivity index (χ1n) is 19.5. The molecule has 244 valence electrons. The lowest BCUT2D eigenvalue weighted by Crippen LogP contribution is -2.39. The average molecular weight is 575 g/mol. The lowest BCUT2D eigenvalue weighted by Gasteiger charge is -2.33. The molecule has 0 aromatic heterocycles. The van der Waals surface area contributed by atoms with Crippen molar-refractivity contribution < 1.29 is 0 Å². The smallest absolute Gasteiger partial charge is 0.101 e. The molecule has 0 aliphatic carbocycles. The maximum absolute atomic E-state index is 2.71. The van der Waals surface area contributed by atoms with Gasteiger partial charge in [0.1, 0.15) is 6.17 Å². The van der Waals surface area contributed by atoms with E-state index in [1.165, 1.54) is 212 Å². The van der Waals surface area contributed by atoms with Crippen molar-refractivity contribution in [3.8, 4) is 0 Å². The van der Waals surface area contributed by atoms with Gasteiger partial charge in [0.25, 0.3) is 0 Å². The van der Waals surface area contributed by atoms with Crippen LogP contribution in [0.25, 0.3) is 0 Å². The summed E-state index contributed by atoms with van der Waals surface area (Å²) < 4.78 is 0. The van der Waals surface area contributed by atoms with Crippen molar-refractivity contribution in [2.75, 3.05) is 13.1 Å². The molecule has 0 bridgehead atoms. The van der Waals surface area contributed by atoms with E-state index in [2.05, 4.69) is 43.0 Å². The molecule has 1 heterocycles. The van der Waals surface area contributed by atoms with Crippen LogP contribution in [0.2, 0.25) is 0 Å². The first-order valence-corrected chi connectivity index (χ1v) is 19.5. The van der Waals surface area contributed by atoms with Gasteiger partial charge in [0.15, 0.2) is 0 Å². The van der Waals surface area contributed by atoms with Gasteiger partial charge in [-0.3, -0.25) is 0 Å². The summed E-state index contributed by atoms with van der Waals surface area (Å²) >= 11 is 0. The van der Waals surface area contributed by atoms with Crippen LogP contribution in [-0.2, 0) is 0 Å². The minimum Gasteiger partial charge on any atom is -0.356 e. The topological polar surface area (TPSA) is 6.48 Å². The second-order valence-corrected chi connectivity index (χ2v) is 13.6. The normalized spacial score (nSPS) is 15.0. The quantitative estimate of drug-likeness (QED) is 0.0719. The molecule has 0 saturated carbocycles. The molecule has 0 radical (unpaired) electrons. The van der Waals surface area contributed by atoms with Crippen LogP contribution in [0.5, 0.6) is 0 Å². The fourth-order valence-electron chi connectivity index (χ4n) is 6.72. The van der Waals surface area contributed by atoms with E-state index < -0.39 is 0 Å². The van der Waals surface area contributed by atoms with Crippen LogP contribution in [0.1, 0.15) is 220 Å². The molecule has 0 amide bonds. The summed E-state index contributed by atoms with van der Waals surface area (Å²) in [5.74, 6) is 0. The summed E-state index contributed by atoms with van der Waals surface area (Å²) in [4.78, 5) is 5.43. The fraction of sp³-hybridized carbons (Fsp3) is 0.949. The highest BCUT2D eigenvalue weighted by molar-refractivity contribution is 4.97. The van der Waals surface area contributed by atoms with Gasteiger partial charge in [-0.05, 0) is 25.7 Å². The average Bonchev–Trinajstić information content (AvgIpc) is 3.37. The number of nitrogens with zero attached hydrogens (tertiary/aromatic N) is 2. The predicted molar refractivity (Wildman–Crippen MR) is 186 cm³/mol. The Morgan fingerprint density at radius 2 is 0.561 bits per heavy atom. The molecule has 1 aliphatic rings. The van der Waals surface area contributed by atoms with Crippen LogP contribution in [0.15, 0.2) is 12.4 Å². The third-order valence-electron chi connectivity index (χ3n) is 9.57. The van der Waals surface area contributed by atoms with E-state index in [1.54, 1.807) is 0 Å². The Morgan fingerprint density at radius 3 is 0.854 bits per heavy atom. The van der Waals surface area contributed by atoms with Crippen LogP contribution in [0.3, 0.4) is 0 Å². The second-order valence-electron chi connectivity index (χ2n) is 13.6. The molecule has 0 fully saturated rings. The molecular weight excluding hydrogens is 496 g/mol. The van der Waals surface area contributed by atoms with Crippen molar-refractivity contribution in [1.29, 1.82) is 0 Å². The van der Waals surface area contributed by atoms with Gasteiger partial charge in [-0.1, -0.05) is 194 Å². The second kappa shape index (κ2) is 30.8. The molecule has 0 saturated heterocycles. The minimum absolute atomic E-state index is 0.640. The monoisotopic (exact) mass is 575 g/mol. The Hall–Kier alpha value is -0.660. The first-order chi connectivity index (χ1) is 20.3. The maximum atomic E-state index is 2.71. The molecule has 2 nitrogen and oxygen atoms in total. The van der Waals surface area contributed by atoms with E-state index in [4.69, 9.17) is 0 Å². The van der Waals surface area contributed by atoms with Gasteiger partial charge in [0.2, 0.25) is 0 Å². The zero-order valence-electron chi connectivity index (χ0n) is 29.0. The standard InChI is InChI=1S/C39H78N2/c1-4-7-10-13-16-18-20-21-22-24-27-30-33-36-41-38-37-40(39(41)34-31-28-25-15-12-9-6-3)35-32-29-26-23-19-17-14-11-8-5-2/h37-39H,4-36H2,1-3H3. The third-order valence-corrected chi connectivity index (χ3v) is 9.57. The van der Waals surface area contributed by atoms with Crippen LogP contribution < -0.4 is 0 Å². The molecule has 1 atom stereocenters. The van der Waals surface area contributed by atoms with Crippen LogP contribution in [-0.4, -0.2) is 29.1 Å². The summed E-state index contributed by atoms with van der Waals surface area (Å²) in [6, 6.07) is 0. The molecule has 41 heavy (non-hydrogen) atoms. The van der Waals surface area contributed by atoms with Gasteiger partial charge >= 0.3 is 0 Å².